The number of carbonyl (C=O) groups is 1. The molecule has 0 unspecified atom stereocenters. The normalized spacial score (nSPS) is 22.4. The minimum Gasteiger partial charge on any atom is -0.342 e. The summed E-state index contributed by atoms with van der Waals surface area (Å²) in [7, 11) is 0. The molecular weight excluding hydrogens is 296 g/mol. The first-order valence-electron chi connectivity index (χ1n) is 8.45. The zero-order chi connectivity index (χ0) is 15.4. The molecule has 3 rings (SSSR count). The van der Waals surface area contributed by atoms with E-state index in [-0.39, 0.29) is 0 Å². The van der Waals surface area contributed by atoms with E-state index in [1.807, 2.05) is 24.3 Å². The van der Waals surface area contributed by atoms with E-state index in [1.165, 1.54) is 44.5 Å². The molecule has 0 saturated carbocycles. The van der Waals surface area contributed by atoms with Crippen molar-refractivity contribution in [1.82, 2.24) is 9.80 Å². The van der Waals surface area contributed by atoms with Gasteiger partial charge in [0.15, 0.2) is 0 Å². The molecule has 0 N–H and O–H groups in total. The highest BCUT2D eigenvalue weighted by molar-refractivity contribution is 6.30. The van der Waals surface area contributed by atoms with E-state index in [1.54, 1.807) is 0 Å². The molecule has 0 radical (unpaired) electrons. The second-order valence-corrected chi connectivity index (χ2v) is 7.07. The van der Waals surface area contributed by atoms with Crippen LogP contribution < -0.4 is 0 Å². The Kier molecular flexibility index (Phi) is 5.37. The van der Waals surface area contributed by atoms with Crippen molar-refractivity contribution in [2.24, 2.45) is 5.92 Å². The number of benzene rings is 1. The molecular formula is C18H25ClN2O. The van der Waals surface area contributed by atoms with Crippen LogP contribution in [0.25, 0.3) is 0 Å². The first-order chi connectivity index (χ1) is 10.7. The van der Waals surface area contributed by atoms with Gasteiger partial charge < -0.3 is 9.80 Å². The van der Waals surface area contributed by atoms with Gasteiger partial charge in [-0.3, -0.25) is 4.79 Å². The molecule has 0 bridgehead atoms. The minimum atomic E-state index is 0.305. The summed E-state index contributed by atoms with van der Waals surface area (Å²) in [6.45, 7) is 5.58. The first-order valence-corrected chi connectivity index (χ1v) is 8.83. The second kappa shape index (κ2) is 7.47. The monoisotopic (exact) mass is 320 g/mol. The fraction of sp³-hybridized carbons (Fsp3) is 0.611. The summed E-state index contributed by atoms with van der Waals surface area (Å²) in [6.07, 6.45) is 5.28. The van der Waals surface area contributed by atoms with Crippen molar-refractivity contribution in [2.75, 3.05) is 32.7 Å². The van der Waals surface area contributed by atoms with Gasteiger partial charge in [-0.1, -0.05) is 23.7 Å². The number of nitrogens with zero attached hydrogens (tertiary/aromatic N) is 2. The van der Waals surface area contributed by atoms with Gasteiger partial charge >= 0.3 is 0 Å². The summed E-state index contributed by atoms with van der Waals surface area (Å²) in [5, 5.41) is 0.749. The third-order valence-corrected chi connectivity index (χ3v) is 5.15. The number of rotatable bonds is 5. The Morgan fingerprint density at radius 2 is 1.86 bits per heavy atom. The molecule has 4 heteroatoms. The molecule has 1 atom stereocenters. The summed E-state index contributed by atoms with van der Waals surface area (Å²) < 4.78 is 0. The molecule has 22 heavy (non-hydrogen) atoms. The molecule has 2 heterocycles. The molecule has 1 aromatic rings. The van der Waals surface area contributed by atoms with E-state index in [9.17, 15) is 4.79 Å². The van der Waals surface area contributed by atoms with E-state index < -0.39 is 0 Å². The standard InChI is InChI=1S/C18H25ClN2O/c19-17-6-3-15(4-7-17)5-8-18(22)21-12-9-16(14-21)13-20-10-1-2-11-20/h3-4,6-7,16H,1-2,5,8-14H2/t16-/m0/s1. The molecule has 0 aromatic heterocycles. The predicted octanol–water partition coefficient (Wildman–Crippen LogP) is 3.22. The lowest BCUT2D eigenvalue weighted by Crippen LogP contribution is -2.32. The Bertz CT molecular complexity index is 496. The first kappa shape index (κ1) is 15.8. The van der Waals surface area contributed by atoms with Crippen molar-refractivity contribution in [2.45, 2.75) is 32.1 Å². The van der Waals surface area contributed by atoms with Gasteiger partial charge in [0.05, 0.1) is 0 Å². The van der Waals surface area contributed by atoms with Crippen LogP contribution in [0.5, 0.6) is 0 Å². The number of aryl methyl sites for hydroxylation is 1. The van der Waals surface area contributed by atoms with Gasteiger partial charge in [0.25, 0.3) is 0 Å². The highest BCUT2D eigenvalue weighted by Crippen LogP contribution is 2.21. The van der Waals surface area contributed by atoms with Gasteiger partial charge in [-0.15, -0.1) is 0 Å². The summed E-state index contributed by atoms with van der Waals surface area (Å²) in [6, 6.07) is 7.80. The van der Waals surface area contributed by atoms with Gasteiger partial charge in [-0.25, -0.2) is 0 Å². The Morgan fingerprint density at radius 3 is 2.59 bits per heavy atom. The third-order valence-electron chi connectivity index (χ3n) is 4.89. The molecule has 1 aromatic carbocycles. The predicted molar refractivity (Wildman–Crippen MR) is 90.1 cm³/mol. The van der Waals surface area contributed by atoms with Crippen molar-refractivity contribution >= 4 is 17.5 Å². The summed E-state index contributed by atoms with van der Waals surface area (Å²) >= 11 is 5.88. The topological polar surface area (TPSA) is 23.6 Å². The van der Waals surface area contributed by atoms with Crippen LogP contribution in [0.1, 0.15) is 31.2 Å². The molecule has 2 saturated heterocycles. The number of hydrogen-bond acceptors (Lipinski definition) is 2. The molecule has 1 amide bonds. The Morgan fingerprint density at radius 1 is 1.14 bits per heavy atom. The molecule has 3 nitrogen and oxygen atoms in total. The quantitative estimate of drug-likeness (QED) is 0.831. The van der Waals surface area contributed by atoms with Crippen LogP contribution in [-0.4, -0.2) is 48.4 Å². The molecule has 0 spiro atoms. The summed E-state index contributed by atoms with van der Waals surface area (Å²) in [5.41, 5.74) is 1.19. The number of carbonyl (C=O) groups excluding carboxylic acids is 1. The maximum atomic E-state index is 12.4. The lowest BCUT2D eigenvalue weighted by atomic mass is 10.1. The van der Waals surface area contributed by atoms with Gasteiger partial charge in [0.1, 0.15) is 0 Å². The number of amides is 1. The van der Waals surface area contributed by atoms with Crippen LogP contribution in [0, 0.1) is 5.92 Å². The lowest BCUT2D eigenvalue weighted by Gasteiger charge is -2.20. The maximum absolute atomic E-state index is 12.4. The average Bonchev–Trinajstić information content (AvgIpc) is 3.19. The number of hydrogen-bond donors (Lipinski definition) is 0. The van der Waals surface area contributed by atoms with E-state index in [4.69, 9.17) is 11.6 Å². The molecule has 120 valence electrons. The molecule has 2 aliphatic heterocycles. The number of likely N-dealkylation sites (tertiary alicyclic amines) is 2. The Balaban J connectivity index is 1.42. The average molecular weight is 321 g/mol. The van der Waals surface area contributed by atoms with Crippen molar-refractivity contribution < 1.29 is 4.79 Å². The van der Waals surface area contributed by atoms with Crippen molar-refractivity contribution in [1.29, 1.82) is 0 Å². The van der Waals surface area contributed by atoms with Crippen LogP contribution in [-0.2, 0) is 11.2 Å². The highest BCUT2D eigenvalue weighted by atomic mass is 35.5. The summed E-state index contributed by atoms with van der Waals surface area (Å²) in [5.74, 6) is 0.983. The fourth-order valence-electron chi connectivity index (χ4n) is 3.60. The van der Waals surface area contributed by atoms with Gasteiger partial charge in [0.2, 0.25) is 5.91 Å². The smallest absolute Gasteiger partial charge is 0.222 e. The highest BCUT2D eigenvalue weighted by Gasteiger charge is 2.27. The third kappa shape index (κ3) is 4.23. The van der Waals surface area contributed by atoms with Gasteiger partial charge in [-0.2, -0.15) is 0 Å². The van der Waals surface area contributed by atoms with Gasteiger partial charge in [-0.05, 0) is 62.4 Å². The van der Waals surface area contributed by atoms with E-state index >= 15 is 0 Å². The summed E-state index contributed by atoms with van der Waals surface area (Å²) in [4.78, 5) is 17.0. The van der Waals surface area contributed by atoms with Gasteiger partial charge in [0, 0.05) is 31.1 Å². The second-order valence-electron chi connectivity index (χ2n) is 6.63. The van der Waals surface area contributed by atoms with Crippen LogP contribution >= 0.6 is 11.6 Å². The van der Waals surface area contributed by atoms with E-state index in [0.717, 1.165) is 24.5 Å². The van der Waals surface area contributed by atoms with Crippen LogP contribution in [0.2, 0.25) is 5.02 Å². The number of halogens is 1. The lowest BCUT2D eigenvalue weighted by molar-refractivity contribution is -0.130. The SMILES string of the molecule is O=C(CCc1ccc(Cl)cc1)N1CC[C@@H](CN2CCCC2)C1. The van der Waals surface area contributed by atoms with E-state index in [2.05, 4.69) is 9.80 Å². The van der Waals surface area contributed by atoms with Crippen molar-refractivity contribution in [3.05, 3.63) is 34.9 Å². The van der Waals surface area contributed by atoms with Crippen molar-refractivity contribution in [3.63, 3.8) is 0 Å². The Labute approximate surface area is 138 Å². The largest absolute Gasteiger partial charge is 0.342 e. The zero-order valence-electron chi connectivity index (χ0n) is 13.1. The van der Waals surface area contributed by atoms with Crippen LogP contribution in [0.15, 0.2) is 24.3 Å². The van der Waals surface area contributed by atoms with Crippen LogP contribution in [0.3, 0.4) is 0 Å². The molecule has 0 aliphatic carbocycles. The maximum Gasteiger partial charge on any atom is 0.222 e. The fourth-order valence-corrected chi connectivity index (χ4v) is 3.72. The van der Waals surface area contributed by atoms with Crippen molar-refractivity contribution in [3.8, 4) is 0 Å². The molecule has 2 aliphatic rings. The van der Waals surface area contributed by atoms with E-state index in [0.29, 0.717) is 18.2 Å². The zero-order valence-corrected chi connectivity index (χ0v) is 13.9. The molecule has 2 fully saturated rings. The van der Waals surface area contributed by atoms with Crippen LogP contribution in [0.4, 0.5) is 0 Å². The minimum absolute atomic E-state index is 0.305. The Hall–Kier alpha value is -1.06.